The second-order valence-electron chi connectivity index (χ2n) is 6.34. The Kier molecular flexibility index (Phi) is 10.3. The Morgan fingerprint density at radius 1 is 1.21 bits per heavy atom. The van der Waals surface area contributed by atoms with E-state index in [-0.39, 0.29) is 12.6 Å². The van der Waals surface area contributed by atoms with Crippen LogP contribution in [0.15, 0.2) is 42.6 Å². The molecule has 9 heteroatoms. The fourth-order valence-electron chi connectivity index (χ4n) is 2.33. The first kappa shape index (κ1) is 22.4. The van der Waals surface area contributed by atoms with Gasteiger partial charge in [0.2, 0.25) is 5.88 Å². The van der Waals surface area contributed by atoms with E-state index < -0.39 is 6.10 Å². The van der Waals surface area contributed by atoms with Gasteiger partial charge in [0, 0.05) is 43.7 Å². The third-order valence-electron chi connectivity index (χ3n) is 3.81. The molecule has 0 saturated heterocycles. The third-order valence-corrected chi connectivity index (χ3v) is 3.81. The molecule has 29 heavy (non-hydrogen) atoms. The summed E-state index contributed by atoms with van der Waals surface area (Å²) >= 11 is 0. The Morgan fingerprint density at radius 3 is 2.90 bits per heavy atom. The summed E-state index contributed by atoms with van der Waals surface area (Å²) in [7, 11) is 0. The standard InChI is InChI=1S/C20H29N5O4/c1-2-3-9-22-20(27)24-16-6-4-7-18(13-16)28-12-11-21-14-17(26)15-29-19-8-5-10-23-25-19/h4-8,10,13,17,21,26H,2-3,9,11-12,14-15H2,1H3,(H2,22,24,27). The van der Waals surface area contributed by atoms with Crippen LogP contribution >= 0.6 is 0 Å². The van der Waals surface area contributed by atoms with Gasteiger partial charge in [-0.05, 0) is 24.6 Å². The quantitative estimate of drug-likeness (QED) is 0.377. The minimum Gasteiger partial charge on any atom is -0.492 e. The Bertz CT molecular complexity index is 717. The van der Waals surface area contributed by atoms with Gasteiger partial charge < -0.3 is 30.5 Å². The summed E-state index contributed by atoms with van der Waals surface area (Å²) < 4.78 is 11.0. The van der Waals surface area contributed by atoms with Crippen molar-refractivity contribution in [1.82, 2.24) is 20.8 Å². The zero-order valence-corrected chi connectivity index (χ0v) is 16.6. The molecule has 4 N–H and O–H groups in total. The maximum atomic E-state index is 11.8. The minimum atomic E-state index is -0.671. The molecule has 0 saturated carbocycles. The molecule has 9 nitrogen and oxygen atoms in total. The number of carbonyl (C=O) groups excluding carboxylic acids is 1. The molecular formula is C20H29N5O4. The molecule has 0 radical (unpaired) electrons. The maximum absolute atomic E-state index is 11.8. The number of benzene rings is 1. The monoisotopic (exact) mass is 403 g/mol. The van der Waals surface area contributed by atoms with Gasteiger partial charge in [-0.1, -0.05) is 19.4 Å². The van der Waals surface area contributed by atoms with Crippen molar-refractivity contribution in [3.63, 3.8) is 0 Å². The van der Waals surface area contributed by atoms with E-state index in [1.165, 1.54) is 0 Å². The molecule has 0 aliphatic heterocycles. The summed E-state index contributed by atoms with van der Waals surface area (Å²) in [5, 5.41) is 26.1. The molecule has 1 unspecified atom stereocenters. The number of hydrogen-bond donors (Lipinski definition) is 4. The van der Waals surface area contributed by atoms with Crippen LogP contribution in [0.4, 0.5) is 10.5 Å². The molecule has 0 bridgehead atoms. The smallest absolute Gasteiger partial charge is 0.319 e. The van der Waals surface area contributed by atoms with Crippen LogP contribution in [0, 0.1) is 0 Å². The fraction of sp³-hybridized carbons (Fsp3) is 0.450. The molecule has 0 aliphatic carbocycles. The second-order valence-corrected chi connectivity index (χ2v) is 6.34. The summed E-state index contributed by atoms with van der Waals surface area (Å²) in [5.74, 6) is 1.03. The van der Waals surface area contributed by atoms with Crippen molar-refractivity contribution in [2.45, 2.75) is 25.9 Å². The SMILES string of the molecule is CCCCNC(=O)Nc1cccc(OCCNCC(O)COc2cccnn2)c1. The number of aliphatic hydroxyl groups excluding tert-OH is 1. The number of nitrogens with zero attached hydrogens (tertiary/aromatic N) is 2. The van der Waals surface area contributed by atoms with Crippen LogP contribution in [0.1, 0.15) is 19.8 Å². The molecule has 0 fully saturated rings. The summed E-state index contributed by atoms with van der Waals surface area (Å²) in [6.45, 7) is 4.19. The van der Waals surface area contributed by atoms with E-state index in [0.29, 0.717) is 43.6 Å². The van der Waals surface area contributed by atoms with Crippen LogP contribution in [0.3, 0.4) is 0 Å². The van der Waals surface area contributed by atoms with Gasteiger partial charge in [-0.25, -0.2) is 4.79 Å². The maximum Gasteiger partial charge on any atom is 0.319 e. The zero-order chi connectivity index (χ0) is 20.7. The fourth-order valence-corrected chi connectivity index (χ4v) is 2.33. The number of urea groups is 1. The van der Waals surface area contributed by atoms with Crippen LogP contribution in [-0.2, 0) is 0 Å². The van der Waals surface area contributed by atoms with E-state index >= 15 is 0 Å². The molecule has 2 rings (SSSR count). The average Bonchev–Trinajstić information content (AvgIpc) is 2.73. The van der Waals surface area contributed by atoms with Crippen molar-refractivity contribution in [3.8, 4) is 11.6 Å². The van der Waals surface area contributed by atoms with Crippen molar-refractivity contribution in [3.05, 3.63) is 42.6 Å². The van der Waals surface area contributed by atoms with Crippen molar-refractivity contribution < 1.29 is 19.4 Å². The molecular weight excluding hydrogens is 374 g/mol. The van der Waals surface area contributed by atoms with E-state index in [0.717, 1.165) is 12.8 Å². The van der Waals surface area contributed by atoms with Gasteiger partial charge in [-0.3, -0.25) is 0 Å². The van der Waals surface area contributed by atoms with E-state index in [2.05, 4.69) is 33.1 Å². The molecule has 2 aromatic rings. The Morgan fingerprint density at radius 2 is 2.10 bits per heavy atom. The number of amides is 2. The zero-order valence-electron chi connectivity index (χ0n) is 16.6. The number of rotatable bonds is 13. The number of carbonyl (C=O) groups is 1. The number of ether oxygens (including phenoxy) is 2. The van der Waals surface area contributed by atoms with Gasteiger partial charge in [-0.15, -0.1) is 5.10 Å². The predicted molar refractivity (Wildman–Crippen MR) is 110 cm³/mol. The lowest BCUT2D eigenvalue weighted by molar-refractivity contribution is 0.102. The molecule has 1 heterocycles. The highest BCUT2D eigenvalue weighted by molar-refractivity contribution is 5.89. The number of aliphatic hydroxyl groups is 1. The Labute approximate surface area is 170 Å². The van der Waals surface area contributed by atoms with Crippen LogP contribution in [-0.4, -0.2) is 60.3 Å². The molecule has 158 valence electrons. The molecule has 1 aromatic heterocycles. The normalized spacial score (nSPS) is 11.5. The largest absolute Gasteiger partial charge is 0.492 e. The Balaban J connectivity index is 1.59. The van der Waals surface area contributed by atoms with Gasteiger partial charge in [0.05, 0.1) is 0 Å². The van der Waals surface area contributed by atoms with Crippen molar-refractivity contribution >= 4 is 11.7 Å². The highest BCUT2D eigenvalue weighted by Gasteiger charge is 2.06. The molecule has 0 spiro atoms. The second kappa shape index (κ2) is 13.3. The van der Waals surface area contributed by atoms with Crippen LogP contribution in [0.2, 0.25) is 0 Å². The van der Waals surface area contributed by atoms with E-state index in [1.54, 1.807) is 30.5 Å². The highest BCUT2D eigenvalue weighted by atomic mass is 16.5. The number of nitrogens with one attached hydrogen (secondary N) is 3. The van der Waals surface area contributed by atoms with Crippen LogP contribution < -0.4 is 25.4 Å². The Hall–Kier alpha value is -2.91. The summed E-state index contributed by atoms with van der Waals surface area (Å²) in [6, 6.07) is 10.4. The molecule has 0 aliphatic rings. The number of hydrogen-bond acceptors (Lipinski definition) is 7. The first-order valence-electron chi connectivity index (χ1n) is 9.74. The van der Waals surface area contributed by atoms with Gasteiger partial charge in [0.15, 0.2) is 0 Å². The lowest BCUT2D eigenvalue weighted by Crippen LogP contribution is -2.33. The van der Waals surface area contributed by atoms with Gasteiger partial charge in [0.25, 0.3) is 0 Å². The highest BCUT2D eigenvalue weighted by Crippen LogP contribution is 2.17. The van der Waals surface area contributed by atoms with E-state index in [1.807, 2.05) is 12.1 Å². The van der Waals surface area contributed by atoms with Gasteiger partial charge in [0.1, 0.15) is 25.1 Å². The summed E-state index contributed by atoms with van der Waals surface area (Å²) in [5.41, 5.74) is 0.668. The minimum absolute atomic E-state index is 0.126. The number of unbranched alkanes of at least 4 members (excludes halogenated alkanes) is 1. The molecule has 1 atom stereocenters. The van der Waals surface area contributed by atoms with Crippen LogP contribution in [0.5, 0.6) is 11.6 Å². The van der Waals surface area contributed by atoms with Crippen molar-refractivity contribution in [2.75, 3.05) is 38.2 Å². The van der Waals surface area contributed by atoms with E-state index in [4.69, 9.17) is 9.47 Å². The average molecular weight is 403 g/mol. The van der Waals surface area contributed by atoms with Crippen molar-refractivity contribution in [1.29, 1.82) is 0 Å². The topological polar surface area (TPSA) is 118 Å². The number of aromatic nitrogens is 2. The number of anilines is 1. The van der Waals surface area contributed by atoms with Crippen LogP contribution in [0.25, 0.3) is 0 Å². The lowest BCUT2D eigenvalue weighted by atomic mass is 10.3. The van der Waals surface area contributed by atoms with Crippen molar-refractivity contribution in [2.24, 2.45) is 0 Å². The summed E-state index contributed by atoms with van der Waals surface area (Å²) in [6.07, 6.45) is 2.86. The molecule has 1 aromatic carbocycles. The first-order chi connectivity index (χ1) is 14.2. The third kappa shape index (κ3) is 9.72. The lowest BCUT2D eigenvalue weighted by Gasteiger charge is -2.13. The van der Waals surface area contributed by atoms with E-state index in [9.17, 15) is 9.90 Å². The summed E-state index contributed by atoms with van der Waals surface area (Å²) in [4.78, 5) is 11.8. The molecule has 2 amide bonds. The van der Waals surface area contributed by atoms with Gasteiger partial charge >= 0.3 is 6.03 Å². The first-order valence-corrected chi connectivity index (χ1v) is 9.74. The van der Waals surface area contributed by atoms with Gasteiger partial charge in [-0.2, -0.15) is 5.10 Å². The predicted octanol–water partition coefficient (Wildman–Crippen LogP) is 1.81.